The molecule has 0 spiro atoms. The lowest BCUT2D eigenvalue weighted by atomic mass is 9.94. The molecular weight excluding hydrogens is 369 g/mol. The van der Waals surface area contributed by atoms with Gasteiger partial charge in [-0.05, 0) is 43.2 Å². The number of methoxy groups -OCH3 is 1. The zero-order valence-corrected chi connectivity index (χ0v) is 14.8. The number of rotatable bonds is 3. The summed E-state index contributed by atoms with van der Waals surface area (Å²) in [5, 5.41) is 5.01. The first kappa shape index (κ1) is 18.4. The van der Waals surface area contributed by atoms with E-state index in [4.69, 9.17) is 16.3 Å². The van der Waals surface area contributed by atoms with Gasteiger partial charge in [0.1, 0.15) is 0 Å². The van der Waals surface area contributed by atoms with E-state index in [-0.39, 0.29) is 17.5 Å². The molecule has 3 rings (SSSR count). The van der Waals surface area contributed by atoms with Gasteiger partial charge in [-0.2, -0.15) is 5.10 Å². The third-order valence-corrected chi connectivity index (χ3v) is 4.16. The van der Waals surface area contributed by atoms with Crippen molar-refractivity contribution in [3.63, 3.8) is 0 Å². The van der Waals surface area contributed by atoms with Gasteiger partial charge in [-0.25, -0.2) is 0 Å². The molecule has 26 heavy (non-hydrogen) atoms. The fourth-order valence-electron chi connectivity index (χ4n) is 2.79. The van der Waals surface area contributed by atoms with Crippen LogP contribution in [0.3, 0.4) is 0 Å². The van der Waals surface area contributed by atoms with Crippen LogP contribution in [0.5, 0.6) is 11.5 Å². The summed E-state index contributed by atoms with van der Waals surface area (Å²) in [7, 11) is 1.29. The number of hydrazone groups is 1. The second-order valence-corrected chi connectivity index (χ2v) is 6.35. The molecule has 0 saturated carbocycles. The Bertz CT molecular complexity index is 836. The van der Waals surface area contributed by atoms with Gasteiger partial charge >= 0.3 is 6.36 Å². The lowest BCUT2D eigenvalue weighted by Gasteiger charge is -2.17. The van der Waals surface area contributed by atoms with Crippen LogP contribution in [0, 0.1) is 0 Å². The molecule has 0 bridgehead atoms. The van der Waals surface area contributed by atoms with Gasteiger partial charge in [0.25, 0.3) is 0 Å². The smallest absolute Gasteiger partial charge is 0.493 e. The Hall–Kier alpha value is -2.41. The second kappa shape index (κ2) is 7.07. The SMILES string of the molecule is COc1cc2c(cc1OC(F)(F)F)CC(C)NN=C2c1ccc(Cl)cc1. The van der Waals surface area contributed by atoms with Gasteiger partial charge in [-0.3, -0.25) is 0 Å². The van der Waals surface area contributed by atoms with Crippen molar-refractivity contribution in [2.75, 3.05) is 7.11 Å². The Labute approximate surface area is 153 Å². The molecule has 4 nitrogen and oxygen atoms in total. The maximum atomic E-state index is 12.7. The van der Waals surface area contributed by atoms with Crippen molar-refractivity contribution < 1.29 is 22.6 Å². The topological polar surface area (TPSA) is 42.9 Å². The third-order valence-electron chi connectivity index (χ3n) is 3.91. The van der Waals surface area contributed by atoms with Gasteiger partial charge in [0, 0.05) is 22.2 Å². The summed E-state index contributed by atoms with van der Waals surface area (Å²) in [5.74, 6) is -0.388. The Morgan fingerprint density at radius 3 is 2.46 bits per heavy atom. The number of nitrogens with one attached hydrogen (secondary N) is 1. The van der Waals surface area contributed by atoms with Crippen LogP contribution in [0.2, 0.25) is 5.02 Å². The van der Waals surface area contributed by atoms with Gasteiger partial charge in [0.15, 0.2) is 11.5 Å². The minimum absolute atomic E-state index is 0.0164. The van der Waals surface area contributed by atoms with Crippen LogP contribution in [-0.4, -0.2) is 25.2 Å². The highest BCUT2D eigenvalue weighted by Crippen LogP contribution is 2.36. The molecule has 138 valence electrons. The highest BCUT2D eigenvalue weighted by Gasteiger charge is 2.33. The van der Waals surface area contributed by atoms with E-state index in [1.54, 1.807) is 24.3 Å². The highest BCUT2D eigenvalue weighted by molar-refractivity contribution is 6.30. The molecule has 0 fully saturated rings. The second-order valence-electron chi connectivity index (χ2n) is 5.91. The van der Waals surface area contributed by atoms with Crippen molar-refractivity contribution in [3.8, 4) is 11.5 Å². The number of nitrogens with zero attached hydrogens (tertiary/aromatic N) is 1. The van der Waals surface area contributed by atoms with E-state index in [0.29, 0.717) is 28.3 Å². The number of fused-ring (bicyclic) bond motifs is 1. The molecule has 1 atom stereocenters. The molecule has 1 N–H and O–H groups in total. The number of hydrogen-bond donors (Lipinski definition) is 1. The molecule has 1 heterocycles. The van der Waals surface area contributed by atoms with Gasteiger partial charge in [0.2, 0.25) is 0 Å². The Morgan fingerprint density at radius 1 is 1.15 bits per heavy atom. The summed E-state index contributed by atoms with van der Waals surface area (Å²) >= 11 is 5.94. The van der Waals surface area contributed by atoms with E-state index in [1.165, 1.54) is 19.2 Å². The summed E-state index contributed by atoms with van der Waals surface area (Å²) in [6.45, 7) is 1.90. The van der Waals surface area contributed by atoms with Gasteiger partial charge < -0.3 is 14.9 Å². The van der Waals surface area contributed by atoms with Crippen molar-refractivity contribution in [2.45, 2.75) is 25.7 Å². The minimum Gasteiger partial charge on any atom is -0.493 e. The zero-order chi connectivity index (χ0) is 18.9. The quantitative estimate of drug-likeness (QED) is 0.845. The lowest BCUT2D eigenvalue weighted by Crippen LogP contribution is -2.22. The standard InChI is InChI=1S/C18H16ClF3N2O2/c1-10-7-12-8-16(26-18(20,21)22)15(25-2)9-14(12)17(24-23-10)11-3-5-13(19)6-4-11/h3-6,8-10,23H,7H2,1-2H3. The molecule has 0 radical (unpaired) electrons. The third kappa shape index (κ3) is 4.04. The predicted molar refractivity (Wildman–Crippen MR) is 93.1 cm³/mol. The summed E-state index contributed by atoms with van der Waals surface area (Å²) in [5.41, 5.74) is 5.74. The summed E-state index contributed by atoms with van der Waals surface area (Å²) in [4.78, 5) is 0. The van der Waals surface area contributed by atoms with Gasteiger partial charge in [-0.1, -0.05) is 23.7 Å². The summed E-state index contributed by atoms with van der Waals surface area (Å²) in [6, 6.07) is 9.87. The molecule has 0 amide bonds. The summed E-state index contributed by atoms with van der Waals surface area (Å²) in [6.07, 6.45) is -4.32. The van der Waals surface area contributed by atoms with Gasteiger partial charge in [-0.15, -0.1) is 13.2 Å². The number of ether oxygens (including phenoxy) is 2. The number of halogens is 4. The van der Waals surface area contributed by atoms with E-state index in [1.807, 2.05) is 6.92 Å². The predicted octanol–water partition coefficient (Wildman–Crippen LogP) is 4.53. The largest absolute Gasteiger partial charge is 0.573 e. The average Bonchev–Trinajstić information content (AvgIpc) is 2.71. The van der Waals surface area contributed by atoms with E-state index >= 15 is 0 Å². The Morgan fingerprint density at radius 2 is 1.85 bits per heavy atom. The number of benzene rings is 2. The number of alkyl halides is 3. The average molecular weight is 385 g/mol. The van der Waals surface area contributed by atoms with E-state index in [0.717, 1.165) is 5.56 Å². The van der Waals surface area contributed by atoms with Gasteiger partial charge in [0.05, 0.1) is 12.8 Å². The first-order chi connectivity index (χ1) is 12.3. The maximum absolute atomic E-state index is 12.7. The lowest BCUT2D eigenvalue weighted by molar-refractivity contribution is -0.275. The fraction of sp³-hybridized carbons (Fsp3) is 0.278. The van der Waals surface area contributed by atoms with Crippen LogP contribution < -0.4 is 14.9 Å². The fourth-order valence-corrected chi connectivity index (χ4v) is 2.92. The summed E-state index contributed by atoms with van der Waals surface area (Å²) < 4.78 is 47.3. The van der Waals surface area contributed by atoms with E-state index < -0.39 is 6.36 Å². The molecule has 1 aliphatic heterocycles. The molecular formula is C18H16ClF3N2O2. The Balaban J connectivity index is 2.13. The van der Waals surface area contributed by atoms with Crippen LogP contribution in [0.1, 0.15) is 23.6 Å². The van der Waals surface area contributed by atoms with Crippen LogP contribution in [0.4, 0.5) is 13.2 Å². The van der Waals surface area contributed by atoms with Crippen molar-refractivity contribution in [2.24, 2.45) is 5.10 Å². The first-order valence-corrected chi connectivity index (χ1v) is 8.21. The van der Waals surface area contributed by atoms with Crippen molar-refractivity contribution >= 4 is 17.3 Å². The molecule has 0 saturated heterocycles. The zero-order valence-electron chi connectivity index (χ0n) is 14.0. The number of hydrogen-bond acceptors (Lipinski definition) is 4. The highest BCUT2D eigenvalue weighted by atomic mass is 35.5. The minimum atomic E-state index is -4.80. The van der Waals surface area contributed by atoms with Crippen LogP contribution in [0.15, 0.2) is 41.5 Å². The molecule has 2 aromatic carbocycles. The molecule has 8 heteroatoms. The Kier molecular flexibility index (Phi) is 5.00. The molecule has 0 aliphatic carbocycles. The van der Waals surface area contributed by atoms with E-state index in [2.05, 4.69) is 15.3 Å². The monoisotopic (exact) mass is 384 g/mol. The van der Waals surface area contributed by atoms with E-state index in [9.17, 15) is 13.2 Å². The molecule has 0 aromatic heterocycles. The molecule has 2 aromatic rings. The van der Waals surface area contributed by atoms with Crippen molar-refractivity contribution in [1.82, 2.24) is 5.43 Å². The van der Waals surface area contributed by atoms with Crippen LogP contribution in [0.25, 0.3) is 0 Å². The van der Waals surface area contributed by atoms with Crippen LogP contribution >= 0.6 is 11.6 Å². The normalized spacial score (nSPS) is 16.8. The van der Waals surface area contributed by atoms with Crippen molar-refractivity contribution in [3.05, 3.63) is 58.1 Å². The van der Waals surface area contributed by atoms with Crippen LogP contribution in [-0.2, 0) is 6.42 Å². The first-order valence-electron chi connectivity index (χ1n) is 7.83. The molecule has 1 aliphatic rings. The molecule has 1 unspecified atom stereocenters. The van der Waals surface area contributed by atoms with Crippen molar-refractivity contribution in [1.29, 1.82) is 0 Å². The maximum Gasteiger partial charge on any atom is 0.573 e.